The van der Waals surface area contributed by atoms with Gasteiger partial charge in [0, 0.05) is 6.04 Å². The van der Waals surface area contributed by atoms with Crippen LogP contribution in [-0.2, 0) is 6.42 Å². The average Bonchev–Trinajstić information content (AvgIpc) is 2.63. The molecule has 1 aromatic heterocycles. The molecule has 0 amide bonds. The molecule has 1 heterocycles. The molecule has 0 aliphatic rings. The van der Waals surface area contributed by atoms with Crippen molar-refractivity contribution in [1.29, 1.82) is 0 Å². The highest BCUT2D eigenvalue weighted by atomic mass is 16.5. The fraction of sp³-hybridized carbons (Fsp3) is 0.727. The predicted octanol–water partition coefficient (Wildman–Crippen LogP) is 3.06. The molecule has 0 bridgehead atoms. The Kier molecular flexibility index (Phi) is 6.00. The lowest BCUT2D eigenvalue weighted by Crippen LogP contribution is -2.06. The largest absolute Gasteiger partial charge is 0.493 e. The second kappa shape index (κ2) is 6.46. The molecular formula is C11H22N2O. The highest BCUT2D eigenvalue weighted by Crippen LogP contribution is 2.20. The molecule has 0 radical (unpaired) electrons. The highest BCUT2D eigenvalue weighted by molar-refractivity contribution is 5.25. The molecule has 0 spiro atoms. The van der Waals surface area contributed by atoms with Crippen molar-refractivity contribution in [3.63, 3.8) is 0 Å². The van der Waals surface area contributed by atoms with Gasteiger partial charge >= 0.3 is 0 Å². The normalized spacial score (nSPS) is 9.64. The van der Waals surface area contributed by atoms with E-state index in [0.29, 0.717) is 6.04 Å². The summed E-state index contributed by atoms with van der Waals surface area (Å²) in [6, 6.07) is 0.406. The van der Waals surface area contributed by atoms with Crippen molar-refractivity contribution in [2.24, 2.45) is 0 Å². The van der Waals surface area contributed by atoms with E-state index in [4.69, 9.17) is 4.74 Å². The Morgan fingerprint density at radius 2 is 2.00 bits per heavy atom. The molecule has 0 atom stereocenters. The van der Waals surface area contributed by atoms with E-state index >= 15 is 0 Å². The third-order valence-electron chi connectivity index (χ3n) is 1.90. The number of rotatable bonds is 3. The van der Waals surface area contributed by atoms with Crippen LogP contribution in [0.2, 0.25) is 0 Å². The van der Waals surface area contributed by atoms with Gasteiger partial charge in [-0.25, -0.2) is 0 Å². The average molecular weight is 198 g/mol. The van der Waals surface area contributed by atoms with Gasteiger partial charge in [0.15, 0.2) is 5.75 Å². The Hall–Kier alpha value is -0.990. The molecule has 0 aliphatic heterocycles. The van der Waals surface area contributed by atoms with Gasteiger partial charge in [0.05, 0.1) is 19.0 Å². The molecule has 14 heavy (non-hydrogen) atoms. The van der Waals surface area contributed by atoms with E-state index in [9.17, 15) is 0 Å². The second-order valence-electron chi connectivity index (χ2n) is 3.05. The SMILES string of the molecule is CC.CCc1c(OC)cnn1C(C)C. The van der Waals surface area contributed by atoms with Crippen LogP contribution in [0.1, 0.15) is 46.4 Å². The predicted molar refractivity (Wildman–Crippen MR) is 59.9 cm³/mol. The summed E-state index contributed by atoms with van der Waals surface area (Å²) in [5.74, 6) is 0.895. The van der Waals surface area contributed by atoms with Gasteiger partial charge in [-0.05, 0) is 20.3 Å². The van der Waals surface area contributed by atoms with Gasteiger partial charge in [0.25, 0.3) is 0 Å². The van der Waals surface area contributed by atoms with Crippen LogP contribution in [0.4, 0.5) is 0 Å². The summed E-state index contributed by atoms with van der Waals surface area (Å²) in [5, 5.41) is 4.25. The third-order valence-corrected chi connectivity index (χ3v) is 1.90. The Balaban J connectivity index is 0.000000791. The molecule has 0 saturated heterocycles. The van der Waals surface area contributed by atoms with Gasteiger partial charge in [0.2, 0.25) is 0 Å². The van der Waals surface area contributed by atoms with E-state index in [-0.39, 0.29) is 0 Å². The van der Waals surface area contributed by atoms with E-state index in [1.807, 2.05) is 18.5 Å². The zero-order chi connectivity index (χ0) is 11.1. The number of aromatic nitrogens is 2. The summed E-state index contributed by atoms with van der Waals surface area (Å²) in [6.07, 6.45) is 2.74. The molecule has 0 unspecified atom stereocenters. The lowest BCUT2D eigenvalue weighted by atomic mass is 10.3. The van der Waals surface area contributed by atoms with Crippen LogP contribution in [-0.4, -0.2) is 16.9 Å². The van der Waals surface area contributed by atoms with E-state index in [1.54, 1.807) is 13.3 Å². The lowest BCUT2D eigenvalue weighted by Gasteiger charge is -2.09. The molecule has 0 N–H and O–H groups in total. The minimum absolute atomic E-state index is 0.406. The molecule has 0 fully saturated rings. The van der Waals surface area contributed by atoms with Gasteiger partial charge in [-0.15, -0.1) is 0 Å². The summed E-state index contributed by atoms with van der Waals surface area (Å²) in [4.78, 5) is 0. The first-order valence-electron chi connectivity index (χ1n) is 5.31. The van der Waals surface area contributed by atoms with E-state index < -0.39 is 0 Å². The lowest BCUT2D eigenvalue weighted by molar-refractivity contribution is 0.405. The molecule has 82 valence electrons. The molecule has 0 aromatic carbocycles. The summed E-state index contributed by atoms with van der Waals surface area (Å²) < 4.78 is 7.18. The smallest absolute Gasteiger partial charge is 0.159 e. The van der Waals surface area contributed by atoms with Crippen LogP contribution < -0.4 is 4.74 Å². The van der Waals surface area contributed by atoms with Crippen molar-refractivity contribution >= 4 is 0 Å². The van der Waals surface area contributed by atoms with Crippen LogP contribution in [0, 0.1) is 0 Å². The Morgan fingerprint density at radius 3 is 2.36 bits per heavy atom. The minimum Gasteiger partial charge on any atom is -0.493 e. The van der Waals surface area contributed by atoms with Crippen LogP contribution in [0.5, 0.6) is 5.75 Å². The molecule has 0 aliphatic carbocycles. The number of hydrogen-bond donors (Lipinski definition) is 0. The maximum absolute atomic E-state index is 5.18. The summed E-state index contributed by atoms with van der Waals surface area (Å²) in [6.45, 7) is 10.3. The summed E-state index contributed by atoms with van der Waals surface area (Å²) in [5.41, 5.74) is 1.17. The molecular weight excluding hydrogens is 176 g/mol. The standard InChI is InChI=1S/C9H16N2O.C2H6/c1-5-8-9(12-4)6-10-11(8)7(2)3;1-2/h6-7H,5H2,1-4H3;1-2H3. The van der Waals surface area contributed by atoms with Gasteiger partial charge < -0.3 is 4.74 Å². The van der Waals surface area contributed by atoms with Crippen molar-refractivity contribution in [1.82, 2.24) is 9.78 Å². The second-order valence-corrected chi connectivity index (χ2v) is 3.05. The van der Waals surface area contributed by atoms with Crippen LogP contribution >= 0.6 is 0 Å². The van der Waals surface area contributed by atoms with Crippen molar-refractivity contribution in [2.45, 2.75) is 47.1 Å². The Labute approximate surface area is 87.1 Å². The monoisotopic (exact) mass is 198 g/mol. The molecule has 3 heteroatoms. The number of hydrogen-bond acceptors (Lipinski definition) is 2. The summed E-state index contributed by atoms with van der Waals surface area (Å²) in [7, 11) is 1.68. The van der Waals surface area contributed by atoms with Crippen LogP contribution in [0.15, 0.2) is 6.20 Å². The fourth-order valence-electron chi connectivity index (χ4n) is 1.32. The first-order valence-corrected chi connectivity index (χ1v) is 5.31. The number of nitrogens with zero attached hydrogens (tertiary/aromatic N) is 2. The zero-order valence-electron chi connectivity index (χ0n) is 10.2. The number of ether oxygens (including phenoxy) is 1. The summed E-state index contributed by atoms with van der Waals surface area (Å²) >= 11 is 0. The molecule has 3 nitrogen and oxygen atoms in total. The Morgan fingerprint density at radius 1 is 1.43 bits per heavy atom. The maximum Gasteiger partial charge on any atom is 0.159 e. The third kappa shape index (κ3) is 2.76. The van der Waals surface area contributed by atoms with Crippen molar-refractivity contribution in [2.75, 3.05) is 7.11 Å². The van der Waals surface area contributed by atoms with Crippen molar-refractivity contribution < 1.29 is 4.74 Å². The minimum atomic E-state index is 0.406. The van der Waals surface area contributed by atoms with Gasteiger partial charge in [-0.2, -0.15) is 5.10 Å². The first-order chi connectivity index (χ1) is 6.70. The van der Waals surface area contributed by atoms with Crippen LogP contribution in [0.25, 0.3) is 0 Å². The van der Waals surface area contributed by atoms with Gasteiger partial charge in [-0.1, -0.05) is 20.8 Å². The maximum atomic E-state index is 5.18. The first kappa shape index (κ1) is 13.0. The number of methoxy groups -OCH3 is 1. The van der Waals surface area contributed by atoms with Crippen molar-refractivity contribution in [3.8, 4) is 5.75 Å². The van der Waals surface area contributed by atoms with Crippen LogP contribution in [0.3, 0.4) is 0 Å². The van der Waals surface area contributed by atoms with Gasteiger partial charge in [0.1, 0.15) is 0 Å². The van der Waals surface area contributed by atoms with E-state index in [2.05, 4.69) is 25.9 Å². The zero-order valence-corrected chi connectivity index (χ0v) is 10.2. The topological polar surface area (TPSA) is 27.1 Å². The fourth-order valence-corrected chi connectivity index (χ4v) is 1.32. The van der Waals surface area contributed by atoms with Crippen molar-refractivity contribution in [3.05, 3.63) is 11.9 Å². The van der Waals surface area contributed by atoms with E-state index in [1.165, 1.54) is 5.69 Å². The molecule has 0 saturated carbocycles. The quantitative estimate of drug-likeness (QED) is 0.746. The molecule has 1 aromatic rings. The van der Waals surface area contributed by atoms with Gasteiger partial charge in [-0.3, -0.25) is 4.68 Å². The Bertz CT molecular complexity index is 254. The molecule has 1 rings (SSSR count). The van der Waals surface area contributed by atoms with E-state index in [0.717, 1.165) is 12.2 Å². The highest BCUT2D eigenvalue weighted by Gasteiger charge is 2.10.